The summed E-state index contributed by atoms with van der Waals surface area (Å²) in [5, 5.41) is 0. The van der Waals surface area contributed by atoms with Gasteiger partial charge in [-0.1, -0.05) is 13.3 Å². The lowest BCUT2D eigenvalue weighted by Crippen LogP contribution is -2.01. The minimum atomic E-state index is -0.181. The molecule has 5 heteroatoms. The fraction of sp³-hybridized carbons (Fsp3) is 0.462. The standard InChI is InChI=1S/C13H13ClFIN2/c1-2-7-3-11(7)18-12-4-8(15)9(16)5-10(12)17-13(18)6-14/h4-5,7,11H,2-3,6H2,1H3. The van der Waals surface area contributed by atoms with Crippen LogP contribution < -0.4 is 0 Å². The Labute approximate surface area is 124 Å². The highest BCUT2D eigenvalue weighted by Gasteiger charge is 2.39. The highest BCUT2D eigenvalue weighted by Crippen LogP contribution is 2.47. The van der Waals surface area contributed by atoms with E-state index in [1.807, 2.05) is 22.6 Å². The molecule has 0 bridgehead atoms. The molecule has 1 aliphatic carbocycles. The number of aromatic nitrogens is 2. The van der Waals surface area contributed by atoms with E-state index in [-0.39, 0.29) is 5.82 Å². The molecule has 3 rings (SSSR count). The third kappa shape index (κ3) is 1.93. The van der Waals surface area contributed by atoms with Crippen molar-refractivity contribution < 1.29 is 4.39 Å². The molecule has 0 spiro atoms. The Morgan fingerprint density at radius 1 is 1.56 bits per heavy atom. The second-order valence-electron chi connectivity index (χ2n) is 4.76. The van der Waals surface area contributed by atoms with E-state index in [4.69, 9.17) is 11.6 Å². The van der Waals surface area contributed by atoms with Crippen LogP contribution in [0.5, 0.6) is 0 Å². The Balaban J connectivity index is 2.18. The molecule has 0 radical (unpaired) electrons. The average molecular weight is 379 g/mol. The summed E-state index contributed by atoms with van der Waals surface area (Å²) in [6.45, 7) is 2.19. The fourth-order valence-electron chi connectivity index (χ4n) is 2.59. The monoisotopic (exact) mass is 378 g/mol. The van der Waals surface area contributed by atoms with Gasteiger partial charge in [-0.3, -0.25) is 0 Å². The zero-order valence-corrected chi connectivity index (χ0v) is 12.9. The van der Waals surface area contributed by atoms with Crippen LogP contribution in [0.1, 0.15) is 31.6 Å². The number of hydrogen-bond acceptors (Lipinski definition) is 1. The Bertz CT molecular complexity index is 611. The van der Waals surface area contributed by atoms with Crippen LogP contribution in [0.4, 0.5) is 4.39 Å². The van der Waals surface area contributed by atoms with Crippen LogP contribution >= 0.6 is 34.2 Å². The molecule has 2 unspecified atom stereocenters. The Kier molecular flexibility index (Phi) is 3.26. The highest BCUT2D eigenvalue weighted by molar-refractivity contribution is 14.1. The Morgan fingerprint density at radius 3 is 2.94 bits per heavy atom. The van der Waals surface area contributed by atoms with Crippen molar-refractivity contribution in [1.82, 2.24) is 9.55 Å². The molecule has 2 nitrogen and oxygen atoms in total. The van der Waals surface area contributed by atoms with Crippen LogP contribution in [0, 0.1) is 15.3 Å². The van der Waals surface area contributed by atoms with E-state index in [1.165, 1.54) is 0 Å². The third-order valence-electron chi connectivity index (χ3n) is 3.67. The lowest BCUT2D eigenvalue weighted by atomic mass is 10.3. The maximum Gasteiger partial charge on any atom is 0.138 e. The quantitative estimate of drug-likeness (QED) is 0.568. The van der Waals surface area contributed by atoms with E-state index < -0.39 is 0 Å². The summed E-state index contributed by atoms with van der Waals surface area (Å²) < 4.78 is 16.5. The third-order valence-corrected chi connectivity index (χ3v) is 4.73. The minimum Gasteiger partial charge on any atom is -0.323 e. The van der Waals surface area contributed by atoms with Crippen molar-refractivity contribution in [2.24, 2.45) is 5.92 Å². The summed E-state index contributed by atoms with van der Waals surface area (Å²) >= 11 is 7.96. The highest BCUT2D eigenvalue weighted by atomic mass is 127. The molecule has 0 N–H and O–H groups in total. The first kappa shape index (κ1) is 12.7. The summed E-state index contributed by atoms with van der Waals surface area (Å²) in [4.78, 5) is 4.52. The van der Waals surface area contributed by atoms with Gasteiger partial charge in [-0.2, -0.15) is 0 Å². The fourth-order valence-corrected chi connectivity index (χ4v) is 3.23. The summed E-state index contributed by atoms with van der Waals surface area (Å²) in [6.07, 6.45) is 2.30. The van der Waals surface area contributed by atoms with Gasteiger partial charge in [-0.05, 0) is 41.0 Å². The molecule has 0 amide bonds. The van der Waals surface area contributed by atoms with Crippen LogP contribution in [0.15, 0.2) is 12.1 Å². The molecule has 1 aliphatic rings. The van der Waals surface area contributed by atoms with Gasteiger partial charge in [0.15, 0.2) is 0 Å². The second kappa shape index (κ2) is 4.63. The molecular weight excluding hydrogens is 366 g/mol. The van der Waals surface area contributed by atoms with Crippen LogP contribution in [0.3, 0.4) is 0 Å². The van der Waals surface area contributed by atoms with Gasteiger partial charge in [0.25, 0.3) is 0 Å². The molecule has 1 aromatic carbocycles. The largest absolute Gasteiger partial charge is 0.323 e. The molecule has 0 saturated heterocycles. The first-order valence-electron chi connectivity index (χ1n) is 6.07. The van der Waals surface area contributed by atoms with Gasteiger partial charge in [-0.15, -0.1) is 11.6 Å². The molecule has 18 heavy (non-hydrogen) atoms. The number of halogens is 3. The van der Waals surface area contributed by atoms with Crippen molar-refractivity contribution in [2.75, 3.05) is 0 Å². The number of hydrogen-bond donors (Lipinski definition) is 0. The number of nitrogens with zero attached hydrogens (tertiary/aromatic N) is 2. The zero-order valence-electron chi connectivity index (χ0n) is 9.96. The molecule has 0 aliphatic heterocycles. The van der Waals surface area contributed by atoms with Crippen molar-refractivity contribution in [3.63, 3.8) is 0 Å². The molecule has 2 aromatic rings. The summed E-state index contributed by atoms with van der Waals surface area (Å²) in [6, 6.07) is 3.83. The SMILES string of the molecule is CCC1CC1n1c(CCl)nc2cc(I)c(F)cc21. The van der Waals surface area contributed by atoms with Gasteiger partial charge in [0.05, 0.1) is 20.5 Å². The zero-order chi connectivity index (χ0) is 12.9. The van der Waals surface area contributed by atoms with Crippen molar-refractivity contribution in [1.29, 1.82) is 0 Å². The van der Waals surface area contributed by atoms with Gasteiger partial charge in [0, 0.05) is 12.1 Å². The van der Waals surface area contributed by atoms with Gasteiger partial charge in [0.1, 0.15) is 11.6 Å². The lowest BCUT2D eigenvalue weighted by molar-refractivity contribution is 0.615. The second-order valence-corrected chi connectivity index (χ2v) is 6.19. The van der Waals surface area contributed by atoms with Crippen molar-refractivity contribution in [3.8, 4) is 0 Å². The van der Waals surface area contributed by atoms with E-state index >= 15 is 0 Å². The van der Waals surface area contributed by atoms with Crippen molar-refractivity contribution >= 4 is 45.2 Å². The lowest BCUT2D eigenvalue weighted by Gasteiger charge is -2.07. The van der Waals surface area contributed by atoms with E-state index in [1.54, 1.807) is 12.1 Å². The van der Waals surface area contributed by atoms with Crippen LogP contribution in [0.25, 0.3) is 11.0 Å². The van der Waals surface area contributed by atoms with E-state index in [0.717, 1.165) is 29.7 Å². The van der Waals surface area contributed by atoms with Crippen molar-refractivity contribution in [3.05, 3.63) is 27.3 Å². The normalized spacial score (nSPS) is 22.7. The topological polar surface area (TPSA) is 17.8 Å². The molecular formula is C13H13ClFIN2. The van der Waals surface area contributed by atoms with E-state index in [0.29, 0.717) is 21.4 Å². The summed E-state index contributed by atoms with van der Waals surface area (Å²) in [7, 11) is 0. The average Bonchev–Trinajstić information content (AvgIpc) is 3.05. The Hall–Kier alpha value is -0.360. The smallest absolute Gasteiger partial charge is 0.138 e. The molecule has 1 heterocycles. The molecule has 2 atom stereocenters. The van der Waals surface area contributed by atoms with E-state index in [9.17, 15) is 4.39 Å². The predicted octanol–water partition coefficient (Wildman–Crippen LogP) is 4.49. The van der Waals surface area contributed by atoms with Gasteiger partial charge in [-0.25, -0.2) is 9.37 Å². The predicted molar refractivity (Wildman–Crippen MR) is 79.4 cm³/mol. The van der Waals surface area contributed by atoms with Crippen LogP contribution in [0.2, 0.25) is 0 Å². The Morgan fingerprint density at radius 2 is 2.33 bits per heavy atom. The molecule has 1 aromatic heterocycles. The maximum atomic E-state index is 13.7. The van der Waals surface area contributed by atoms with Gasteiger partial charge in [0.2, 0.25) is 0 Å². The van der Waals surface area contributed by atoms with Crippen LogP contribution in [-0.4, -0.2) is 9.55 Å². The number of benzene rings is 1. The maximum absolute atomic E-state index is 13.7. The first-order chi connectivity index (χ1) is 8.65. The summed E-state index contributed by atoms with van der Waals surface area (Å²) in [5.74, 6) is 1.74. The number of rotatable bonds is 3. The number of alkyl halides is 1. The molecule has 1 saturated carbocycles. The van der Waals surface area contributed by atoms with Crippen molar-refractivity contribution in [2.45, 2.75) is 31.7 Å². The number of fused-ring (bicyclic) bond motifs is 1. The van der Waals surface area contributed by atoms with Gasteiger partial charge < -0.3 is 4.57 Å². The first-order valence-corrected chi connectivity index (χ1v) is 7.68. The molecule has 96 valence electrons. The minimum absolute atomic E-state index is 0.181. The molecule has 1 fully saturated rings. The van der Waals surface area contributed by atoms with Crippen LogP contribution in [-0.2, 0) is 5.88 Å². The van der Waals surface area contributed by atoms with Gasteiger partial charge >= 0.3 is 0 Å². The summed E-state index contributed by atoms with van der Waals surface area (Å²) in [5.41, 5.74) is 1.72. The number of imidazole rings is 1. The van der Waals surface area contributed by atoms with E-state index in [2.05, 4.69) is 16.5 Å².